The monoisotopic (exact) mass is 884 g/mol. The molecule has 3 N–H and O–H groups in total. The predicted molar refractivity (Wildman–Crippen MR) is 248 cm³/mol. The lowest BCUT2D eigenvalue weighted by Gasteiger charge is -2.27. The molecule has 14 heteroatoms. The van der Waals surface area contributed by atoms with E-state index in [9.17, 15) is 14.4 Å². The Labute approximate surface area is 373 Å². The van der Waals surface area contributed by atoms with Crippen molar-refractivity contribution in [2.45, 2.75) is 58.8 Å². The molecule has 0 saturated carbocycles. The number of nitrogens with one attached hydrogen (secondary N) is 1. The van der Waals surface area contributed by atoms with Gasteiger partial charge in [-0.15, -0.1) is 0 Å². The van der Waals surface area contributed by atoms with Crippen LogP contribution in [0.1, 0.15) is 43.0 Å². The minimum Gasteiger partial charge on any atom is -0.444 e. The molecule has 4 aromatic carbocycles. The molecule has 324 valence electrons. The van der Waals surface area contributed by atoms with Crippen LogP contribution >= 0.6 is 23.5 Å². The van der Waals surface area contributed by atoms with Crippen LogP contribution in [0.25, 0.3) is 22.6 Å². The van der Waals surface area contributed by atoms with Crippen molar-refractivity contribution in [1.29, 1.82) is 0 Å². The van der Waals surface area contributed by atoms with E-state index in [1.54, 1.807) is 47.8 Å². The molecule has 0 unspecified atom stereocenters. The number of nitrogens with zero attached hydrogens (tertiary/aromatic N) is 2. The van der Waals surface area contributed by atoms with Crippen molar-refractivity contribution in [1.82, 2.24) is 0 Å². The lowest BCUT2D eigenvalue weighted by atomic mass is 10.00. The SMILES string of the molecule is CC(C)(C)OC(=O)Nc1ccc2c(c1)Cc1cccc(-c3cc(=O)cc(N4CCOCC4)o3)c1S2.Nc1ccc2c(c1)Cc1cccc(-c3cc(=O)cc(N4CCOCC4)o3)c1S2. The predicted octanol–water partition coefficient (Wildman–Crippen LogP) is 9.33. The number of anilines is 4. The molecule has 0 aliphatic carbocycles. The van der Waals surface area contributed by atoms with Crippen LogP contribution in [0.5, 0.6) is 0 Å². The third-order valence-corrected chi connectivity index (χ3v) is 13.5. The summed E-state index contributed by atoms with van der Waals surface area (Å²) in [5.41, 5.74) is 13.3. The van der Waals surface area contributed by atoms with Gasteiger partial charge >= 0.3 is 6.09 Å². The highest BCUT2D eigenvalue weighted by molar-refractivity contribution is 8.00. The van der Waals surface area contributed by atoms with Gasteiger partial charge in [-0.05, 0) is 92.3 Å². The standard InChI is InChI=1S/C27H28N2O5S.C22H20N2O3S/c1-27(2,3)34-26(31)28-19-7-8-23-18(14-19)13-17-5-4-6-21(25(17)35-23)22-15-20(30)16-24(33-22)29-9-11-32-12-10-29;23-16-4-5-20-15(11-16)10-14-2-1-3-18(22(14)28-20)19-12-17(25)13-21(27-19)24-6-8-26-9-7-24/h4-8,14-16H,9-13H2,1-3H3,(H,28,31);1-5,11-13H,6-10,23H2. The van der Waals surface area contributed by atoms with E-state index >= 15 is 0 Å². The zero-order valence-electron chi connectivity index (χ0n) is 35.4. The highest BCUT2D eigenvalue weighted by Crippen LogP contribution is 2.47. The molecular weight excluding hydrogens is 837 g/mol. The first-order valence-corrected chi connectivity index (χ1v) is 22.6. The number of carbonyl (C=O) groups is 1. The number of morpholine rings is 2. The second kappa shape index (κ2) is 18.0. The molecule has 1 amide bonds. The maximum Gasteiger partial charge on any atom is 0.412 e. The third kappa shape index (κ3) is 9.84. The van der Waals surface area contributed by atoms with Crippen LogP contribution in [0.15, 0.2) is 135 Å². The van der Waals surface area contributed by atoms with E-state index in [1.807, 2.05) is 80.3 Å². The number of ether oxygens (including phenoxy) is 3. The fourth-order valence-electron chi connectivity index (χ4n) is 7.93. The number of nitrogen functional groups attached to an aromatic ring is 1. The summed E-state index contributed by atoms with van der Waals surface area (Å²) in [6, 6.07) is 30.4. The summed E-state index contributed by atoms with van der Waals surface area (Å²) in [5.74, 6) is 2.36. The number of fused-ring (bicyclic) bond motifs is 4. The Bertz CT molecular complexity index is 2800. The van der Waals surface area contributed by atoms with Crippen LogP contribution in [0, 0.1) is 0 Å². The van der Waals surface area contributed by atoms with Gasteiger partial charge in [0.2, 0.25) is 0 Å². The van der Waals surface area contributed by atoms with Gasteiger partial charge in [0.1, 0.15) is 17.1 Å². The molecule has 2 aromatic heterocycles. The smallest absolute Gasteiger partial charge is 0.412 e. The molecule has 2 fully saturated rings. The van der Waals surface area contributed by atoms with E-state index in [1.165, 1.54) is 16.0 Å². The summed E-state index contributed by atoms with van der Waals surface area (Å²) < 4.78 is 28.6. The zero-order chi connectivity index (χ0) is 43.7. The quantitative estimate of drug-likeness (QED) is 0.158. The largest absolute Gasteiger partial charge is 0.444 e. The molecule has 10 rings (SSSR count). The van der Waals surface area contributed by atoms with Crippen LogP contribution in [-0.4, -0.2) is 64.3 Å². The number of rotatable bonds is 5. The Morgan fingerprint density at radius 1 is 0.635 bits per heavy atom. The molecule has 63 heavy (non-hydrogen) atoms. The summed E-state index contributed by atoms with van der Waals surface area (Å²) in [6.07, 6.45) is 1.06. The van der Waals surface area contributed by atoms with Gasteiger partial charge in [-0.2, -0.15) is 0 Å². The van der Waals surface area contributed by atoms with E-state index in [0.717, 1.165) is 62.1 Å². The fraction of sp³-hybridized carbons (Fsp3) is 0.286. The maximum absolute atomic E-state index is 12.5. The Morgan fingerprint density at radius 2 is 1.13 bits per heavy atom. The van der Waals surface area contributed by atoms with Crippen LogP contribution in [0.2, 0.25) is 0 Å². The first-order valence-electron chi connectivity index (χ1n) is 21.0. The number of hydrogen-bond donors (Lipinski definition) is 2. The van der Waals surface area contributed by atoms with Crippen LogP contribution in [0.3, 0.4) is 0 Å². The van der Waals surface area contributed by atoms with Gasteiger partial charge in [-0.25, -0.2) is 4.79 Å². The number of hydrogen-bond acceptors (Lipinski definition) is 13. The number of nitrogens with two attached hydrogens (primary N) is 1. The van der Waals surface area contributed by atoms with E-state index in [2.05, 4.69) is 28.4 Å². The molecule has 12 nitrogen and oxygen atoms in total. The molecule has 0 spiro atoms. The number of benzene rings is 4. The van der Waals surface area contributed by atoms with E-state index in [4.69, 9.17) is 28.8 Å². The summed E-state index contributed by atoms with van der Waals surface area (Å²) in [4.78, 5) is 45.7. The normalized spacial score (nSPS) is 15.5. The summed E-state index contributed by atoms with van der Waals surface area (Å²) in [5, 5.41) is 2.82. The van der Waals surface area contributed by atoms with Gasteiger partial charge in [0.15, 0.2) is 22.6 Å². The fourth-order valence-corrected chi connectivity index (χ4v) is 10.3. The summed E-state index contributed by atoms with van der Waals surface area (Å²) in [7, 11) is 0. The minimum atomic E-state index is -0.558. The Kier molecular flexibility index (Phi) is 12.1. The van der Waals surface area contributed by atoms with E-state index in [-0.39, 0.29) is 10.9 Å². The molecule has 4 aliphatic heterocycles. The van der Waals surface area contributed by atoms with Crippen molar-refractivity contribution in [3.05, 3.63) is 140 Å². The second-order valence-corrected chi connectivity index (χ2v) is 18.8. The average Bonchev–Trinajstić information content (AvgIpc) is 3.27. The van der Waals surface area contributed by atoms with Crippen molar-refractivity contribution in [2.24, 2.45) is 0 Å². The molecule has 4 aliphatic rings. The van der Waals surface area contributed by atoms with Gasteiger partial charge in [-0.3, -0.25) is 14.9 Å². The van der Waals surface area contributed by atoms with Crippen molar-refractivity contribution in [2.75, 3.05) is 73.5 Å². The van der Waals surface area contributed by atoms with Gasteiger partial charge in [-0.1, -0.05) is 59.9 Å². The topological polar surface area (TPSA) is 150 Å². The number of amides is 1. The lowest BCUT2D eigenvalue weighted by molar-refractivity contribution is 0.0636. The first kappa shape index (κ1) is 42.4. The highest BCUT2D eigenvalue weighted by Gasteiger charge is 2.25. The van der Waals surface area contributed by atoms with Crippen molar-refractivity contribution < 1.29 is 27.8 Å². The van der Waals surface area contributed by atoms with Crippen LogP contribution in [-0.2, 0) is 27.1 Å². The average molecular weight is 885 g/mol. The Hall–Kier alpha value is -5.93. The van der Waals surface area contributed by atoms with E-state index in [0.29, 0.717) is 74.9 Å². The van der Waals surface area contributed by atoms with Gasteiger partial charge in [0.25, 0.3) is 0 Å². The molecule has 0 bridgehead atoms. The summed E-state index contributed by atoms with van der Waals surface area (Å²) in [6.45, 7) is 10.9. The molecule has 6 heterocycles. The van der Waals surface area contributed by atoms with Crippen molar-refractivity contribution >= 4 is 52.8 Å². The summed E-state index contributed by atoms with van der Waals surface area (Å²) >= 11 is 3.36. The lowest BCUT2D eigenvalue weighted by Crippen LogP contribution is -2.36. The van der Waals surface area contributed by atoms with Crippen LogP contribution < -0.4 is 31.7 Å². The second-order valence-electron chi connectivity index (χ2n) is 16.7. The molecule has 2 saturated heterocycles. The van der Waals surface area contributed by atoms with Crippen LogP contribution in [0.4, 0.5) is 27.9 Å². The molecular formula is C49H48N4O8S2. The Balaban J connectivity index is 0.000000164. The third-order valence-electron chi connectivity index (χ3n) is 10.9. The van der Waals surface area contributed by atoms with Gasteiger partial charge in [0.05, 0.1) is 26.4 Å². The first-order chi connectivity index (χ1) is 30.4. The van der Waals surface area contributed by atoms with Gasteiger partial charge in [0, 0.05) is 92.5 Å². The van der Waals surface area contributed by atoms with Crippen molar-refractivity contribution in [3.8, 4) is 22.6 Å². The Morgan fingerprint density at radius 3 is 1.63 bits per heavy atom. The van der Waals surface area contributed by atoms with Crippen molar-refractivity contribution in [3.63, 3.8) is 0 Å². The zero-order valence-corrected chi connectivity index (χ0v) is 37.0. The number of carbonyl (C=O) groups excluding carboxylic acids is 1. The molecule has 0 radical (unpaired) electrons. The minimum absolute atomic E-state index is 0.0469. The molecule has 0 atom stereocenters. The molecule has 6 aromatic rings. The maximum atomic E-state index is 12.5. The van der Waals surface area contributed by atoms with E-state index < -0.39 is 11.7 Å². The highest BCUT2D eigenvalue weighted by atomic mass is 32.2. The van der Waals surface area contributed by atoms with Gasteiger partial charge < -0.3 is 38.6 Å².